The molecule has 0 N–H and O–H groups in total. The van der Waals surface area contributed by atoms with Crippen LogP contribution in [0.1, 0.15) is 24.7 Å². The number of anilines is 1. The van der Waals surface area contributed by atoms with Gasteiger partial charge < -0.3 is 9.64 Å². The maximum Gasteiger partial charge on any atom is 0.346 e. The molecule has 1 fully saturated rings. The van der Waals surface area contributed by atoms with Crippen molar-refractivity contribution in [3.63, 3.8) is 0 Å². The van der Waals surface area contributed by atoms with Gasteiger partial charge in [-0.3, -0.25) is 9.47 Å². The van der Waals surface area contributed by atoms with Gasteiger partial charge in [0.1, 0.15) is 24.0 Å². The highest BCUT2D eigenvalue weighted by Crippen LogP contribution is 2.17. The Morgan fingerprint density at radius 3 is 2.47 bits per heavy atom. The van der Waals surface area contributed by atoms with E-state index in [1.54, 1.807) is 21.4 Å². The molecule has 0 amide bonds. The number of benzene rings is 2. The topological polar surface area (TPSA) is 55.5 Å². The minimum atomic E-state index is -0.196. The Morgan fingerprint density at radius 1 is 1.00 bits per heavy atom. The molecule has 0 radical (unpaired) electrons. The van der Waals surface area contributed by atoms with Gasteiger partial charge in [0.25, 0.3) is 0 Å². The third-order valence-electron chi connectivity index (χ3n) is 6.31. The number of ether oxygens (including phenoxy) is 1. The molecule has 0 bridgehead atoms. The maximum absolute atomic E-state index is 13.5. The molecule has 1 aromatic heterocycles. The predicted molar refractivity (Wildman–Crippen MR) is 132 cm³/mol. The van der Waals surface area contributed by atoms with Crippen molar-refractivity contribution in [1.29, 1.82) is 0 Å². The van der Waals surface area contributed by atoms with Crippen LogP contribution in [0.5, 0.6) is 5.75 Å². The van der Waals surface area contributed by atoms with Crippen molar-refractivity contribution in [2.45, 2.75) is 39.8 Å². The molecule has 7 nitrogen and oxygen atoms in total. The van der Waals surface area contributed by atoms with E-state index in [0.29, 0.717) is 26.1 Å². The Morgan fingerprint density at radius 2 is 1.76 bits per heavy atom. The quantitative estimate of drug-likeness (QED) is 0.458. The van der Waals surface area contributed by atoms with Gasteiger partial charge in [0, 0.05) is 51.4 Å². The Balaban J connectivity index is 1.24. The lowest BCUT2D eigenvalue weighted by molar-refractivity contribution is 0.248. The average molecular weight is 468 g/mol. The van der Waals surface area contributed by atoms with Crippen LogP contribution in [0.15, 0.2) is 53.3 Å². The number of aromatic nitrogens is 3. The van der Waals surface area contributed by atoms with Crippen molar-refractivity contribution in [1.82, 2.24) is 19.2 Å². The summed E-state index contributed by atoms with van der Waals surface area (Å²) < 4.78 is 22.6. The summed E-state index contributed by atoms with van der Waals surface area (Å²) in [5.41, 5.74) is 2.06. The summed E-state index contributed by atoms with van der Waals surface area (Å²) >= 11 is 0. The Hall–Kier alpha value is -3.13. The standard InChI is InChI=1S/C26H34FN5O2/c1-3-25-28-32(26(33)31(25)18-19-34-24-10-8-21(2)9-11-24)13-5-12-29-14-16-30(17-15-29)23-7-4-6-22(27)20-23/h4,6-11,20H,3,5,12-19H2,1-2H3. The summed E-state index contributed by atoms with van der Waals surface area (Å²) in [6, 6.07) is 14.7. The first-order valence-electron chi connectivity index (χ1n) is 12.1. The largest absolute Gasteiger partial charge is 0.492 e. The van der Waals surface area contributed by atoms with Crippen LogP contribution in [0.4, 0.5) is 10.1 Å². The van der Waals surface area contributed by atoms with E-state index in [4.69, 9.17) is 4.74 Å². The normalized spacial score (nSPS) is 14.5. The molecule has 0 aliphatic carbocycles. The molecule has 182 valence electrons. The van der Waals surface area contributed by atoms with E-state index in [-0.39, 0.29) is 11.5 Å². The molecule has 0 saturated carbocycles. The average Bonchev–Trinajstić information content (AvgIpc) is 3.15. The van der Waals surface area contributed by atoms with Crippen molar-refractivity contribution in [3.8, 4) is 5.75 Å². The fourth-order valence-electron chi connectivity index (χ4n) is 4.35. The van der Waals surface area contributed by atoms with E-state index in [1.807, 2.05) is 44.2 Å². The second-order valence-electron chi connectivity index (χ2n) is 8.75. The minimum absolute atomic E-state index is 0.0692. The van der Waals surface area contributed by atoms with Gasteiger partial charge in [0.05, 0.1) is 6.54 Å². The molecule has 4 rings (SSSR count). The Bertz CT molecular complexity index is 1120. The third-order valence-corrected chi connectivity index (χ3v) is 6.31. The minimum Gasteiger partial charge on any atom is -0.492 e. The smallest absolute Gasteiger partial charge is 0.346 e. The zero-order valence-electron chi connectivity index (χ0n) is 20.1. The highest BCUT2D eigenvalue weighted by Gasteiger charge is 2.18. The van der Waals surface area contributed by atoms with Gasteiger partial charge in [0.15, 0.2) is 0 Å². The van der Waals surface area contributed by atoms with Gasteiger partial charge in [-0.2, -0.15) is 5.10 Å². The van der Waals surface area contributed by atoms with Crippen LogP contribution < -0.4 is 15.3 Å². The first-order valence-corrected chi connectivity index (χ1v) is 12.1. The first kappa shape index (κ1) is 24.0. The van der Waals surface area contributed by atoms with E-state index in [0.717, 1.165) is 56.4 Å². The van der Waals surface area contributed by atoms with E-state index >= 15 is 0 Å². The van der Waals surface area contributed by atoms with Crippen molar-refractivity contribution in [2.75, 3.05) is 44.2 Å². The monoisotopic (exact) mass is 467 g/mol. The van der Waals surface area contributed by atoms with Gasteiger partial charge >= 0.3 is 5.69 Å². The lowest BCUT2D eigenvalue weighted by Crippen LogP contribution is -2.46. The zero-order chi connectivity index (χ0) is 23.9. The summed E-state index contributed by atoms with van der Waals surface area (Å²) in [7, 11) is 0. The summed E-state index contributed by atoms with van der Waals surface area (Å²) in [5, 5.41) is 4.56. The maximum atomic E-state index is 13.5. The second-order valence-corrected chi connectivity index (χ2v) is 8.75. The zero-order valence-corrected chi connectivity index (χ0v) is 20.1. The van der Waals surface area contributed by atoms with Crippen LogP contribution in [-0.4, -0.2) is 58.6 Å². The van der Waals surface area contributed by atoms with E-state index in [2.05, 4.69) is 14.9 Å². The van der Waals surface area contributed by atoms with E-state index in [9.17, 15) is 9.18 Å². The van der Waals surface area contributed by atoms with E-state index < -0.39 is 0 Å². The molecule has 8 heteroatoms. The molecule has 1 aliphatic rings. The Kier molecular flexibility index (Phi) is 8.00. The molecule has 3 aromatic rings. The number of hydrogen-bond donors (Lipinski definition) is 0. The number of nitrogens with zero attached hydrogens (tertiary/aromatic N) is 5. The van der Waals surface area contributed by atoms with Crippen LogP contribution >= 0.6 is 0 Å². The van der Waals surface area contributed by atoms with E-state index in [1.165, 1.54) is 11.6 Å². The fourth-order valence-corrected chi connectivity index (χ4v) is 4.35. The molecule has 1 saturated heterocycles. The summed E-state index contributed by atoms with van der Waals surface area (Å²) in [4.78, 5) is 17.5. The number of rotatable bonds is 10. The van der Waals surface area contributed by atoms with Gasteiger partial charge in [-0.05, 0) is 43.7 Å². The molecule has 2 aromatic carbocycles. The van der Waals surface area contributed by atoms with Crippen molar-refractivity contribution >= 4 is 5.69 Å². The van der Waals surface area contributed by atoms with Crippen LogP contribution in [-0.2, 0) is 19.5 Å². The number of piperazine rings is 1. The van der Waals surface area contributed by atoms with Crippen LogP contribution in [0, 0.1) is 12.7 Å². The summed E-state index contributed by atoms with van der Waals surface area (Å²) in [6.45, 7) is 10.1. The summed E-state index contributed by atoms with van der Waals surface area (Å²) in [6.07, 6.45) is 1.56. The van der Waals surface area contributed by atoms with Crippen molar-refractivity contribution in [2.24, 2.45) is 0 Å². The molecular formula is C26H34FN5O2. The molecular weight excluding hydrogens is 433 g/mol. The van der Waals surface area contributed by atoms with Gasteiger partial charge in [-0.25, -0.2) is 13.9 Å². The molecule has 34 heavy (non-hydrogen) atoms. The summed E-state index contributed by atoms with van der Waals surface area (Å²) in [5.74, 6) is 1.40. The first-order chi connectivity index (χ1) is 16.5. The fraction of sp³-hybridized carbons (Fsp3) is 0.462. The SMILES string of the molecule is CCc1nn(CCCN2CCN(c3cccc(F)c3)CC2)c(=O)n1CCOc1ccc(C)cc1. The van der Waals surface area contributed by atoms with Crippen LogP contribution in [0.3, 0.4) is 0 Å². The van der Waals surface area contributed by atoms with Crippen LogP contribution in [0.2, 0.25) is 0 Å². The van der Waals surface area contributed by atoms with Gasteiger partial charge in [0.2, 0.25) is 0 Å². The lowest BCUT2D eigenvalue weighted by atomic mass is 10.2. The molecule has 1 aliphatic heterocycles. The highest BCUT2D eigenvalue weighted by atomic mass is 19.1. The van der Waals surface area contributed by atoms with Crippen molar-refractivity contribution in [3.05, 3.63) is 76.2 Å². The predicted octanol–water partition coefficient (Wildman–Crippen LogP) is 3.35. The third kappa shape index (κ3) is 6.05. The number of aryl methyl sites for hydroxylation is 3. The van der Waals surface area contributed by atoms with Crippen molar-refractivity contribution < 1.29 is 9.13 Å². The number of halogens is 1. The highest BCUT2D eigenvalue weighted by molar-refractivity contribution is 5.46. The molecule has 0 atom stereocenters. The number of hydrogen-bond acceptors (Lipinski definition) is 5. The van der Waals surface area contributed by atoms with Gasteiger partial charge in [-0.1, -0.05) is 30.7 Å². The van der Waals surface area contributed by atoms with Gasteiger partial charge in [-0.15, -0.1) is 0 Å². The molecule has 2 heterocycles. The lowest BCUT2D eigenvalue weighted by Gasteiger charge is -2.36. The second kappa shape index (κ2) is 11.3. The Labute approximate surface area is 200 Å². The molecule has 0 unspecified atom stereocenters. The van der Waals surface area contributed by atoms with Crippen LogP contribution in [0.25, 0.3) is 0 Å². The molecule has 0 spiro atoms.